The lowest BCUT2D eigenvalue weighted by atomic mass is 10.1. The van der Waals surface area contributed by atoms with E-state index >= 15 is 0 Å². The molecule has 1 aromatic rings. The van der Waals surface area contributed by atoms with E-state index in [1.54, 1.807) is 17.0 Å². The highest BCUT2D eigenvalue weighted by molar-refractivity contribution is 5.93. The number of benzene rings is 1. The molecule has 0 bridgehead atoms. The average molecular weight is 301 g/mol. The maximum Gasteiger partial charge on any atom is 0.227 e. The second kappa shape index (κ2) is 8.22. The van der Waals surface area contributed by atoms with Crippen molar-refractivity contribution in [3.63, 3.8) is 0 Å². The molecule has 1 atom stereocenters. The third kappa shape index (κ3) is 4.46. The van der Waals surface area contributed by atoms with Crippen LogP contribution >= 0.6 is 12.4 Å². The molecule has 0 spiro atoms. The molecule has 1 heterocycles. The molecule has 2 rings (SSSR count). The van der Waals surface area contributed by atoms with Crippen LogP contribution in [0.15, 0.2) is 24.3 Å². The molecule has 0 radical (unpaired) electrons. The first kappa shape index (κ1) is 16.9. The molecule has 5 heteroatoms. The number of hydrogen-bond acceptors (Lipinski definition) is 2. The minimum Gasteiger partial charge on any atom is -0.314 e. The Morgan fingerprint density at radius 1 is 1.40 bits per heavy atom. The van der Waals surface area contributed by atoms with Crippen LogP contribution in [0.2, 0.25) is 0 Å². The van der Waals surface area contributed by atoms with E-state index in [4.69, 9.17) is 0 Å². The van der Waals surface area contributed by atoms with Gasteiger partial charge in [0.1, 0.15) is 5.82 Å². The van der Waals surface area contributed by atoms with Crippen LogP contribution in [0.5, 0.6) is 0 Å². The predicted octanol–water partition coefficient (Wildman–Crippen LogP) is 3.13. The Morgan fingerprint density at radius 3 is 2.65 bits per heavy atom. The van der Waals surface area contributed by atoms with E-state index in [9.17, 15) is 9.18 Å². The lowest BCUT2D eigenvalue weighted by Gasteiger charge is -2.22. The van der Waals surface area contributed by atoms with Crippen LogP contribution in [0, 0.1) is 5.82 Å². The van der Waals surface area contributed by atoms with Gasteiger partial charge >= 0.3 is 0 Å². The smallest absolute Gasteiger partial charge is 0.227 e. The number of nitrogens with zero attached hydrogens (tertiary/aromatic N) is 1. The van der Waals surface area contributed by atoms with E-state index < -0.39 is 0 Å². The highest BCUT2D eigenvalue weighted by Crippen LogP contribution is 2.18. The van der Waals surface area contributed by atoms with Gasteiger partial charge in [0.2, 0.25) is 5.91 Å². The average Bonchev–Trinajstić information content (AvgIpc) is 2.92. The summed E-state index contributed by atoms with van der Waals surface area (Å²) in [6.07, 6.45) is 3.80. The third-order valence-electron chi connectivity index (χ3n) is 3.62. The van der Waals surface area contributed by atoms with Crippen LogP contribution in [-0.2, 0) is 4.79 Å². The number of hydrogen-bond donors (Lipinski definition) is 1. The number of nitrogens with one attached hydrogen (secondary N) is 1. The van der Waals surface area contributed by atoms with Crippen molar-refractivity contribution in [3.8, 4) is 0 Å². The highest BCUT2D eigenvalue weighted by atomic mass is 35.5. The molecule has 1 fully saturated rings. The predicted molar refractivity (Wildman–Crippen MR) is 81.9 cm³/mol. The fourth-order valence-corrected chi connectivity index (χ4v) is 2.56. The van der Waals surface area contributed by atoms with Crippen molar-refractivity contribution < 1.29 is 9.18 Å². The van der Waals surface area contributed by atoms with Crippen LogP contribution in [-0.4, -0.2) is 25.0 Å². The van der Waals surface area contributed by atoms with E-state index in [0.717, 1.165) is 25.1 Å². The van der Waals surface area contributed by atoms with Gasteiger partial charge in [-0.2, -0.15) is 0 Å². The van der Waals surface area contributed by atoms with Crippen LogP contribution in [0.25, 0.3) is 0 Å². The monoisotopic (exact) mass is 300 g/mol. The zero-order valence-electron chi connectivity index (χ0n) is 11.8. The molecule has 1 aromatic carbocycles. The molecule has 1 N–H and O–H groups in total. The second-order valence-electron chi connectivity index (χ2n) is 4.95. The number of halogens is 2. The van der Waals surface area contributed by atoms with Crippen LogP contribution in [0.1, 0.15) is 32.6 Å². The standard InChI is InChI=1S/C15H21FN2O.ClH/c1-2-18(14-8-5-12(16)6-9-14)15(19)10-7-13-4-3-11-17-13;/h5-6,8-9,13,17H,2-4,7,10-11H2,1H3;1H. The Bertz CT molecular complexity index is 418. The number of carbonyl (C=O) groups is 1. The topological polar surface area (TPSA) is 32.3 Å². The summed E-state index contributed by atoms with van der Waals surface area (Å²) < 4.78 is 12.9. The fourth-order valence-electron chi connectivity index (χ4n) is 2.56. The molecule has 1 saturated heterocycles. The fraction of sp³-hybridized carbons (Fsp3) is 0.533. The summed E-state index contributed by atoms with van der Waals surface area (Å²) in [4.78, 5) is 13.9. The van der Waals surface area contributed by atoms with Gasteiger partial charge in [0.25, 0.3) is 0 Å². The SMILES string of the molecule is CCN(C(=O)CCC1CCCN1)c1ccc(F)cc1.Cl. The molecule has 1 unspecified atom stereocenters. The molecule has 0 aliphatic carbocycles. The summed E-state index contributed by atoms with van der Waals surface area (Å²) in [6.45, 7) is 3.62. The van der Waals surface area contributed by atoms with E-state index in [-0.39, 0.29) is 24.1 Å². The summed E-state index contributed by atoms with van der Waals surface area (Å²) in [5.74, 6) is -0.162. The molecule has 1 aliphatic heterocycles. The first-order chi connectivity index (χ1) is 9.20. The third-order valence-corrected chi connectivity index (χ3v) is 3.62. The van der Waals surface area contributed by atoms with Gasteiger partial charge in [-0.3, -0.25) is 4.79 Å². The highest BCUT2D eigenvalue weighted by Gasteiger charge is 2.18. The molecule has 20 heavy (non-hydrogen) atoms. The summed E-state index contributed by atoms with van der Waals surface area (Å²) in [6, 6.07) is 6.58. The van der Waals surface area contributed by atoms with E-state index in [1.165, 1.54) is 18.6 Å². The molecule has 3 nitrogen and oxygen atoms in total. The quantitative estimate of drug-likeness (QED) is 0.906. The Balaban J connectivity index is 0.00000200. The van der Waals surface area contributed by atoms with Crippen molar-refractivity contribution in [3.05, 3.63) is 30.1 Å². The Kier molecular flexibility index (Phi) is 6.96. The van der Waals surface area contributed by atoms with Gasteiger partial charge in [-0.05, 0) is 57.0 Å². The molecule has 0 aromatic heterocycles. The molecule has 1 amide bonds. The normalized spacial score (nSPS) is 17.6. The van der Waals surface area contributed by atoms with Crippen molar-refractivity contribution in [2.45, 2.75) is 38.6 Å². The van der Waals surface area contributed by atoms with Crippen molar-refractivity contribution in [1.29, 1.82) is 0 Å². The van der Waals surface area contributed by atoms with Crippen LogP contribution in [0.3, 0.4) is 0 Å². The number of rotatable bonds is 5. The van der Waals surface area contributed by atoms with Gasteiger partial charge in [0.05, 0.1) is 0 Å². The molecular formula is C15H22ClFN2O. The molecule has 112 valence electrons. The van der Waals surface area contributed by atoms with Gasteiger partial charge < -0.3 is 10.2 Å². The van der Waals surface area contributed by atoms with Crippen molar-refractivity contribution in [2.75, 3.05) is 18.0 Å². The van der Waals surface area contributed by atoms with Crippen LogP contribution in [0.4, 0.5) is 10.1 Å². The van der Waals surface area contributed by atoms with Crippen LogP contribution < -0.4 is 10.2 Å². The summed E-state index contributed by atoms with van der Waals surface area (Å²) >= 11 is 0. The number of amides is 1. The molecule has 0 saturated carbocycles. The largest absolute Gasteiger partial charge is 0.314 e. The zero-order valence-corrected chi connectivity index (χ0v) is 12.6. The molecular weight excluding hydrogens is 279 g/mol. The van der Waals surface area contributed by atoms with Crippen molar-refractivity contribution >= 4 is 24.0 Å². The molecule has 1 aliphatic rings. The first-order valence-electron chi connectivity index (χ1n) is 7.00. The first-order valence-corrected chi connectivity index (χ1v) is 7.00. The van der Waals surface area contributed by atoms with Gasteiger partial charge in [0, 0.05) is 24.7 Å². The number of anilines is 1. The van der Waals surface area contributed by atoms with Gasteiger partial charge in [-0.1, -0.05) is 0 Å². The van der Waals surface area contributed by atoms with E-state index in [1.807, 2.05) is 6.92 Å². The summed E-state index contributed by atoms with van der Waals surface area (Å²) in [5.41, 5.74) is 0.772. The van der Waals surface area contributed by atoms with Gasteiger partial charge in [-0.15, -0.1) is 12.4 Å². The summed E-state index contributed by atoms with van der Waals surface area (Å²) in [7, 11) is 0. The minimum absolute atomic E-state index is 0. The Morgan fingerprint density at radius 2 is 2.10 bits per heavy atom. The van der Waals surface area contributed by atoms with Gasteiger partial charge in [0.15, 0.2) is 0 Å². The van der Waals surface area contributed by atoms with E-state index in [0.29, 0.717) is 19.0 Å². The van der Waals surface area contributed by atoms with Crippen molar-refractivity contribution in [1.82, 2.24) is 5.32 Å². The second-order valence-corrected chi connectivity index (χ2v) is 4.95. The lowest BCUT2D eigenvalue weighted by Crippen LogP contribution is -2.32. The maximum atomic E-state index is 12.9. The van der Waals surface area contributed by atoms with E-state index in [2.05, 4.69) is 5.32 Å². The zero-order chi connectivity index (χ0) is 13.7. The summed E-state index contributed by atoms with van der Waals surface area (Å²) in [5, 5.41) is 3.40. The minimum atomic E-state index is -0.276. The Hall–Kier alpha value is -1.13. The Labute approximate surface area is 125 Å². The maximum absolute atomic E-state index is 12.9. The van der Waals surface area contributed by atoms with Gasteiger partial charge in [-0.25, -0.2) is 4.39 Å². The lowest BCUT2D eigenvalue weighted by molar-refractivity contribution is -0.118. The number of carbonyl (C=O) groups excluding carboxylic acids is 1. The van der Waals surface area contributed by atoms with Crippen molar-refractivity contribution in [2.24, 2.45) is 0 Å².